The molecule has 0 radical (unpaired) electrons. The number of anilines is 1. The van der Waals surface area contributed by atoms with E-state index in [1.54, 1.807) is 31.2 Å². The van der Waals surface area contributed by atoms with Crippen molar-refractivity contribution in [1.29, 1.82) is 0 Å². The van der Waals surface area contributed by atoms with Crippen LogP contribution in [-0.4, -0.2) is 32.4 Å². The van der Waals surface area contributed by atoms with Crippen LogP contribution in [0.4, 0.5) is 5.69 Å². The third kappa shape index (κ3) is 3.71. The van der Waals surface area contributed by atoms with Crippen molar-refractivity contribution in [1.82, 2.24) is 0 Å². The Morgan fingerprint density at radius 3 is 2.44 bits per heavy atom. The lowest BCUT2D eigenvalue weighted by atomic mass is 9.95. The quantitative estimate of drug-likeness (QED) is 0.829. The van der Waals surface area contributed by atoms with Gasteiger partial charge in [0.15, 0.2) is 9.84 Å². The molecule has 0 aliphatic heterocycles. The maximum absolute atomic E-state index is 11.9. The molecule has 0 fully saturated rings. The molecule has 0 aliphatic rings. The zero-order valence-corrected chi connectivity index (χ0v) is 11.9. The number of sulfone groups is 1. The van der Waals surface area contributed by atoms with Crippen molar-refractivity contribution in [3.63, 3.8) is 0 Å². The molecule has 0 aromatic heterocycles. The third-order valence-corrected chi connectivity index (χ3v) is 4.57. The normalized spacial score (nSPS) is 12.4. The van der Waals surface area contributed by atoms with Crippen molar-refractivity contribution in [3.8, 4) is 0 Å². The lowest BCUT2D eigenvalue weighted by molar-refractivity contribution is 0.171. The van der Waals surface area contributed by atoms with E-state index in [0.29, 0.717) is 17.1 Å². The van der Waals surface area contributed by atoms with Gasteiger partial charge in [-0.1, -0.05) is 32.9 Å². The summed E-state index contributed by atoms with van der Waals surface area (Å²) < 4.78 is 23.9. The van der Waals surface area contributed by atoms with Crippen molar-refractivity contribution >= 4 is 15.5 Å². The maximum atomic E-state index is 11.9. The molecule has 0 unspecified atom stereocenters. The highest BCUT2D eigenvalue weighted by molar-refractivity contribution is 7.91. The van der Waals surface area contributed by atoms with Crippen LogP contribution in [0.15, 0.2) is 29.2 Å². The van der Waals surface area contributed by atoms with E-state index < -0.39 is 9.84 Å². The molecular formula is C13H21NO3S. The van der Waals surface area contributed by atoms with Crippen LogP contribution in [0.25, 0.3) is 0 Å². The zero-order chi connectivity index (χ0) is 13.8. The van der Waals surface area contributed by atoms with E-state index in [2.05, 4.69) is 5.32 Å². The average molecular weight is 271 g/mol. The van der Waals surface area contributed by atoms with Crippen LogP contribution in [-0.2, 0) is 9.84 Å². The van der Waals surface area contributed by atoms with Gasteiger partial charge in [0.25, 0.3) is 0 Å². The Balaban J connectivity index is 2.98. The van der Waals surface area contributed by atoms with Crippen molar-refractivity contribution in [2.45, 2.75) is 25.7 Å². The summed E-state index contributed by atoms with van der Waals surface area (Å²) in [6.45, 7) is 6.01. The average Bonchev–Trinajstić information content (AvgIpc) is 2.37. The highest BCUT2D eigenvalue weighted by atomic mass is 32.2. The van der Waals surface area contributed by atoms with Gasteiger partial charge in [-0.15, -0.1) is 0 Å². The molecule has 1 rings (SSSR count). The number of hydrogen-bond donors (Lipinski definition) is 2. The second kappa shape index (κ2) is 5.71. The lowest BCUT2D eigenvalue weighted by Crippen LogP contribution is -2.27. The van der Waals surface area contributed by atoms with Crippen LogP contribution in [0.3, 0.4) is 0 Å². The van der Waals surface area contributed by atoms with Gasteiger partial charge in [-0.2, -0.15) is 0 Å². The fourth-order valence-electron chi connectivity index (χ4n) is 1.43. The summed E-state index contributed by atoms with van der Waals surface area (Å²) in [6.07, 6.45) is 0. The van der Waals surface area contributed by atoms with Gasteiger partial charge in [0.1, 0.15) is 0 Å². The number of aliphatic hydroxyl groups excluding tert-OH is 1. The van der Waals surface area contributed by atoms with Crippen molar-refractivity contribution in [3.05, 3.63) is 24.3 Å². The number of aliphatic hydroxyl groups is 1. The van der Waals surface area contributed by atoms with Crippen molar-refractivity contribution in [2.24, 2.45) is 5.41 Å². The van der Waals surface area contributed by atoms with E-state index in [-0.39, 0.29) is 17.8 Å². The summed E-state index contributed by atoms with van der Waals surface area (Å²) in [5.41, 5.74) is 0.309. The predicted octanol–water partition coefficient (Wildman–Crippen LogP) is 1.91. The fraction of sp³-hybridized carbons (Fsp3) is 0.538. The van der Waals surface area contributed by atoms with Gasteiger partial charge in [0.2, 0.25) is 0 Å². The molecule has 0 saturated carbocycles. The molecule has 0 saturated heterocycles. The summed E-state index contributed by atoms with van der Waals surface area (Å²) >= 11 is 0. The summed E-state index contributed by atoms with van der Waals surface area (Å²) in [6, 6.07) is 6.86. The number of nitrogens with one attached hydrogen (secondary N) is 1. The number of rotatable bonds is 6. The van der Waals surface area contributed by atoms with Crippen LogP contribution < -0.4 is 5.32 Å². The van der Waals surface area contributed by atoms with Gasteiger partial charge >= 0.3 is 0 Å². The smallest absolute Gasteiger partial charge is 0.180 e. The van der Waals surface area contributed by atoms with Crippen LogP contribution in [0.2, 0.25) is 0 Å². The SMILES string of the molecule is CCS(=O)(=O)c1ccccc1NCC(C)(C)CO. The third-order valence-electron chi connectivity index (χ3n) is 2.79. The minimum absolute atomic E-state index is 0.0443. The van der Waals surface area contributed by atoms with Gasteiger partial charge < -0.3 is 10.4 Å². The monoisotopic (exact) mass is 271 g/mol. The summed E-state index contributed by atoms with van der Waals surface area (Å²) in [7, 11) is -3.23. The summed E-state index contributed by atoms with van der Waals surface area (Å²) in [5, 5.41) is 12.3. The molecule has 4 nitrogen and oxygen atoms in total. The van der Waals surface area contributed by atoms with Crippen molar-refractivity contribution in [2.75, 3.05) is 24.2 Å². The zero-order valence-electron chi connectivity index (χ0n) is 11.1. The van der Waals surface area contributed by atoms with Crippen LogP contribution >= 0.6 is 0 Å². The predicted molar refractivity (Wildman–Crippen MR) is 73.5 cm³/mol. The molecule has 1 aromatic rings. The molecule has 0 spiro atoms. The van der Waals surface area contributed by atoms with E-state index in [0.717, 1.165) is 0 Å². The Morgan fingerprint density at radius 2 is 1.89 bits per heavy atom. The molecule has 0 amide bonds. The maximum Gasteiger partial charge on any atom is 0.180 e. The second-order valence-corrected chi connectivity index (χ2v) is 7.32. The Labute approximate surface area is 109 Å². The standard InChI is InChI=1S/C13H21NO3S/c1-4-18(16,17)12-8-6-5-7-11(12)14-9-13(2,3)10-15/h5-8,14-15H,4,9-10H2,1-3H3. The Morgan fingerprint density at radius 1 is 1.28 bits per heavy atom. The van der Waals surface area contributed by atoms with Gasteiger partial charge in [0.05, 0.1) is 16.3 Å². The summed E-state index contributed by atoms with van der Waals surface area (Å²) in [5.74, 6) is 0.0785. The second-order valence-electron chi connectivity index (χ2n) is 5.08. The molecule has 5 heteroatoms. The first kappa shape index (κ1) is 15.0. The largest absolute Gasteiger partial charge is 0.396 e. The number of hydrogen-bond acceptors (Lipinski definition) is 4. The van der Waals surface area contributed by atoms with Crippen LogP contribution in [0.1, 0.15) is 20.8 Å². The minimum atomic E-state index is -3.23. The van der Waals surface area contributed by atoms with E-state index in [9.17, 15) is 13.5 Å². The van der Waals surface area contributed by atoms with E-state index >= 15 is 0 Å². The Kier molecular flexibility index (Phi) is 4.76. The highest BCUT2D eigenvalue weighted by Crippen LogP contribution is 2.24. The molecular weight excluding hydrogens is 250 g/mol. The molecule has 102 valence electrons. The van der Waals surface area contributed by atoms with E-state index in [4.69, 9.17) is 0 Å². The highest BCUT2D eigenvalue weighted by Gasteiger charge is 2.19. The molecule has 18 heavy (non-hydrogen) atoms. The van der Waals surface area contributed by atoms with Gasteiger partial charge in [-0.05, 0) is 12.1 Å². The van der Waals surface area contributed by atoms with Crippen LogP contribution in [0, 0.1) is 5.41 Å². The topological polar surface area (TPSA) is 66.4 Å². The molecule has 0 atom stereocenters. The first-order chi connectivity index (χ1) is 8.32. The molecule has 0 aliphatic carbocycles. The summed E-state index contributed by atoms with van der Waals surface area (Å²) in [4.78, 5) is 0.321. The molecule has 1 aromatic carbocycles. The molecule has 0 bridgehead atoms. The first-order valence-electron chi connectivity index (χ1n) is 5.99. The fourth-order valence-corrected chi connectivity index (χ4v) is 2.50. The van der Waals surface area contributed by atoms with Gasteiger partial charge in [-0.25, -0.2) is 8.42 Å². The number of para-hydroxylation sites is 1. The molecule has 0 heterocycles. The van der Waals surface area contributed by atoms with E-state index in [1.165, 1.54) is 0 Å². The Bertz CT molecular complexity index is 495. The van der Waals surface area contributed by atoms with Gasteiger partial charge in [0, 0.05) is 18.6 Å². The first-order valence-corrected chi connectivity index (χ1v) is 7.64. The Hall–Kier alpha value is -1.07. The van der Waals surface area contributed by atoms with Gasteiger partial charge in [-0.3, -0.25) is 0 Å². The van der Waals surface area contributed by atoms with Crippen molar-refractivity contribution < 1.29 is 13.5 Å². The van der Waals surface area contributed by atoms with Crippen LogP contribution in [0.5, 0.6) is 0 Å². The van der Waals surface area contributed by atoms with E-state index in [1.807, 2.05) is 13.8 Å². The number of benzene rings is 1. The minimum Gasteiger partial charge on any atom is -0.396 e. The lowest BCUT2D eigenvalue weighted by Gasteiger charge is -2.23. The molecule has 2 N–H and O–H groups in total.